The number of hydrogen-bond donors (Lipinski definition) is 2. The number of rotatable bonds is 6. The van der Waals surface area contributed by atoms with Gasteiger partial charge in [-0.3, -0.25) is 14.5 Å². The summed E-state index contributed by atoms with van der Waals surface area (Å²) in [6.45, 7) is -2.32. The van der Waals surface area contributed by atoms with Crippen molar-refractivity contribution in [1.29, 1.82) is 0 Å². The fourth-order valence-electron chi connectivity index (χ4n) is 1.96. The zero-order valence-corrected chi connectivity index (χ0v) is 13.9. The molecule has 1 heterocycles. The summed E-state index contributed by atoms with van der Waals surface area (Å²) in [5, 5.41) is 11.2. The maximum Gasteiger partial charge on any atom is 0.422 e. The quantitative estimate of drug-likeness (QED) is 0.538. The fraction of sp³-hybridized carbons (Fsp3) is 0.286. The number of carbonyl (C=O) groups excluding carboxylic acids is 2. The Morgan fingerprint density at radius 3 is 2.56 bits per heavy atom. The Bertz CT molecular complexity index is 736. The molecule has 11 heteroatoms. The molecule has 0 fully saturated rings. The van der Waals surface area contributed by atoms with Crippen molar-refractivity contribution in [2.24, 2.45) is 0 Å². The highest BCUT2D eigenvalue weighted by Gasteiger charge is 2.32. The molecule has 25 heavy (non-hydrogen) atoms. The molecule has 136 valence electrons. The molecule has 1 aromatic rings. The molecule has 0 saturated carbocycles. The van der Waals surface area contributed by atoms with Crippen molar-refractivity contribution in [2.45, 2.75) is 6.18 Å². The lowest BCUT2D eigenvalue weighted by molar-refractivity contribution is -0.153. The topological polar surface area (TPSA) is 78.9 Å². The number of halogens is 5. The number of hydrogen-bond acceptors (Lipinski definition) is 5. The second-order valence-electron chi connectivity index (χ2n) is 4.87. The zero-order valence-electron chi connectivity index (χ0n) is 12.4. The van der Waals surface area contributed by atoms with Crippen LogP contribution in [0.1, 0.15) is 0 Å². The van der Waals surface area contributed by atoms with E-state index in [-0.39, 0.29) is 28.2 Å². The highest BCUT2D eigenvalue weighted by Crippen LogP contribution is 2.33. The van der Waals surface area contributed by atoms with Crippen LogP contribution in [-0.2, 0) is 9.59 Å². The standard InChI is InChI=1S/C14H11BrF4N2O4/c15-7-3-11(25-6-14(17,18)19)9(4-8(7)16)20-10-5-12(23)21(1-2-22)13(10)24/h3-5,20,22H,1-2,6H2. The van der Waals surface area contributed by atoms with E-state index in [1.807, 2.05) is 0 Å². The molecule has 1 aliphatic heterocycles. The predicted octanol–water partition coefficient (Wildman–Crippen LogP) is 2.19. The molecule has 0 spiro atoms. The van der Waals surface area contributed by atoms with Crippen LogP contribution in [0.5, 0.6) is 5.75 Å². The SMILES string of the molecule is O=C1C=C(Nc2cc(F)c(Br)cc2OCC(F)(F)F)C(=O)N1CCO. The molecular weight excluding hydrogens is 416 g/mol. The Morgan fingerprint density at radius 2 is 1.96 bits per heavy atom. The van der Waals surface area contributed by atoms with Gasteiger partial charge in [0.05, 0.1) is 23.3 Å². The number of anilines is 1. The van der Waals surface area contributed by atoms with Gasteiger partial charge in [0, 0.05) is 12.1 Å². The van der Waals surface area contributed by atoms with Gasteiger partial charge in [-0.15, -0.1) is 0 Å². The van der Waals surface area contributed by atoms with E-state index >= 15 is 0 Å². The number of amides is 2. The van der Waals surface area contributed by atoms with Crippen molar-refractivity contribution >= 4 is 33.4 Å². The van der Waals surface area contributed by atoms with Gasteiger partial charge in [-0.2, -0.15) is 13.2 Å². The summed E-state index contributed by atoms with van der Waals surface area (Å²) < 4.78 is 55.2. The maximum atomic E-state index is 13.7. The minimum atomic E-state index is -4.62. The first kappa shape index (κ1) is 19.2. The Balaban J connectivity index is 2.27. The summed E-state index contributed by atoms with van der Waals surface area (Å²) in [7, 11) is 0. The Labute approximate surface area is 147 Å². The minimum absolute atomic E-state index is 0.139. The van der Waals surface area contributed by atoms with Crippen LogP contribution in [0.4, 0.5) is 23.2 Å². The first-order chi connectivity index (χ1) is 11.6. The molecule has 0 aromatic heterocycles. The van der Waals surface area contributed by atoms with E-state index in [0.717, 1.165) is 23.1 Å². The average Bonchev–Trinajstić information content (AvgIpc) is 2.76. The van der Waals surface area contributed by atoms with Gasteiger partial charge < -0.3 is 15.2 Å². The van der Waals surface area contributed by atoms with Crippen LogP contribution in [-0.4, -0.2) is 47.8 Å². The molecule has 0 aliphatic carbocycles. The Hall–Kier alpha value is -2.14. The van der Waals surface area contributed by atoms with E-state index < -0.39 is 37.0 Å². The molecule has 0 bridgehead atoms. The monoisotopic (exact) mass is 426 g/mol. The van der Waals surface area contributed by atoms with Gasteiger partial charge in [-0.05, 0) is 22.0 Å². The lowest BCUT2D eigenvalue weighted by Crippen LogP contribution is -2.34. The van der Waals surface area contributed by atoms with E-state index in [0.29, 0.717) is 0 Å². The van der Waals surface area contributed by atoms with Crippen molar-refractivity contribution in [3.05, 3.63) is 34.2 Å². The first-order valence-corrected chi connectivity index (χ1v) is 7.55. The van der Waals surface area contributed by atoms with Gasteiger partial charge in [-0.1, -0.05) is 0 Å². The molecule has 1 aromatic carbocycles. The molecule has 0 unspecified atom stereocenters. The average molecular weight is 427 g/mol. The van der Waals surface area contributed by atoms with Crippen LogP contribution < -0.4 is 10.1 Å². The number of imide groups is 1. The smallest absolute Gasteiger partial charge is 0.422 e. The van der Waals surface area contributed by atoms with Crippen LogP contribution in [0.3, 0.4) is 0 Å². The van der Waals surface area contributed by atoms with Gasteiger partial charge >= 0.3 is 6.18 Å². The number of β-amino-alcohol motifs (C(OH)–C–C–N with tert-alkyl or cyclic N) is 1. The number of benzene rings is 1. The van der Waals surface area contributed by atoms with E-state index in [2.05, 4.69) is 26.0 Å². The molecule has 2 rings (SSSR count). The Kier molecular flexibility index (Phi) is 5.68. The highest BCUT2D eigenvalue weighted by molar-refractivity contribution is 9.10. The van der Waals surface area contributed by atoms with Crippen LogP contribution in [0, 0.1) is 5.82 Å². The highest BCUT2D eigenvalue weighted by atomic mass is 79.9. The van der Waals surface area contributed by atoms with Crippen LogP contribution in [0.2, 0.25) is 0 Å². The molecular formula is C14H11BrF4N2O4. The normalized spacial score (nSPS) is 14.8. The maximum absolute atomic E-state index is 13.7. The number of carbonyl (C=O) groups is 2. The van der Waals surface area contributed by atoms with Crippen molar-refractivity contribution < 1.29 is 37.0 Å². The van der Waals surface area contributed by atoms with E-state index in [4.69, 9.17) is 5.11 Å². The molecule has 0 radical (unpaired) electrons. The summed E-state index contributed by atoms with van der Waals surface area (Å²) in [6.07, 6.45) is -3.72. The molecule has 2 N–H and O–H groups in total. The number of nitrogens with one attached hydrogen (secondary N) is 1. The minimum Gasteiger partial charge on any atom is -0.482 e. The largest absolute Gasteiger partial charge is 0.482 e. The second kappa shape index (κ2) is 7.40. The van der Waals surface area contributed by atoms with Gasteiger partial charge in [0.1, 0.15) is 17.3 Å². The van der Waals surface area contributed by atoms with Crippen molar-refractivity contribution in [3.8, 4) is 5.75 Å². The molecule has 0 saturated heterocycles. The van der Waals surface area contributed by atoms with Gasteiger partial charge in [-0.25, -0.2) is 4.39 Å². The Morgan fingerprint density at radius 1 is 1.28 bits per heavy atom. The number of nitrogens with zero attached hydrogens (tertiary/aromatic N) is 1. The second-order valence-corrected chi connectivity index (χ2v) is 5.72. The number of aliphatic hydroxyl groups excluding tert-OH is 1. The number of aliphatic hydroxyl groups is 1. The third-order valence-electron chi connectivity index (χ3n) is 3.02. The summed E-state index contributed by atoms with van der Waals surface area (Å²) in [4.78, 5) is 24.4. The fourth-order valence-corrected chi connectivity index (χ4v) is 2.28. The molecule has 6 nitrogen and oxygen atoms in total. The van der Waals surface area contributed by atoms with Gasteiger partial charge in [0.15, 0.2) is 6.61 Å². The van der Waals surface area contributed by atoms with E-state index in [1.165, 1.54) is 0 Å². The number of ether oxygens (including phenoxy) is 1. The lowest BCUT2D eigenvalue weighted by Gasteiger charge is -2.16. The lowest BCUT2D eigenvalue weighted by atomic mass is 10.2. The van der Waals surface area contributed by atoms with Gasteiger partial charge in [0.2, 0.25) is 0 Å². The van der Waals surface area contributed by atoms with Crippen LogP contribution in [0.15, 0.2) is 28.4 Å². The molecule has 2 amide bonds. The third-order valence-corrected chi connectivity index (χ3v) is 3.62. The van der Waals surface area contributed by atoms with Crippen molar-refractivity contribution in [2.75, 3.05) is 25.1 Å². The summed E-state index contributed by atoms with van der Waals surface area (Å²) in [6, 6.07) is 1.79. The summed E-state index contributed by atoms with van der Waals surface area (Å²) >= 11 is 2.83. The number of alkyl halides is 3. The molecule has 1 aliphatic rings. The third kappa shape index (κ3) is 4.69. The van der Waals surface area contributed by atoms with Crippen LogP contribution >= 0.6 is 15.9 Å². The summed E-state index contributed by atoms with van der Waals surface area (Å²) in [5.41, 5.74) is -0.541. The van der Waals surface area contributed by atoms with Crippen LogP contribution in [0.25, 0.3) is 0 Å². The zero-order chi connectivity index (χ0) is 18.8. The van der Waals surface area contributed by atoms with E-state index in [9.17, 15) is 27.2 Å². The predicted molar refractivity (Wildman–Crippen MR) is 81.2 cm³/mol. The summed E-state index contributed by atoms with van der Waals surface area (Å²) in [5.74, 6) is -2.69. The first-order valence-electron chi connectivity index (χ1n) is 6.76. The van der Waals surface area contributed by atoms with Gasteiger partial charge in [0.25, 0.3) is 11.8 Å². The van der Waals surface area contributed by atoms with Crippen molar-refractivity contribution in [3.63, 3.8) is 0 Å². The van der Waals surface area contributed by atoms with E-state index in [1.54, 1.807) is 0 Å². The molecule has 0 atom stereocenters. The van der Waals surface area contributed by atoms with Crippen molar-refractivity contribution in [1.82, 2.24) is 4.90 Å².